The van der Waals surface area contributed by atoms with Crippen molar-refractivity contribution in [1.29, 1.82) is 0 Å². The summed E-state index contributed by atoms with van der Waals surface area (Å²) in [6.45, 7) is 0. The molecule has 3 aromatic rings. The van der Waals surface area contributed by atoms with Crippen LogP contribution in [0, 0.1) is 0 Å². The Labute approximate surface area is 126 Å². The van der Waals surface area contributed by atoms with Crippen LogP contribution in [0.2, 0.25) is 0 Å². The van der Waals surface area contributed by atoms with Crippen LogP contribution in [0.25, 0.3) is 16.9 Å². The first kappa shape index (κ1) is 13.9. The van der Waals surface area contributed by atoms with E-state index in [1.54, 1.807) is 29.8 Å². The molecule has 0 atom stereocenters. The van der Waals surface area contributed by atoms with Crippen LogP contribution in [0.1, 0.15) is 0 Å². The van der Waals surface area contributed by atoms with Crippen molar-refractivity contribution in [3.63, 3.8) is 0 Å². The summed E-state index contributed by atoms with van der Waals surface area (Å²) in [6, 6.07) is 11.1. The van der Waals surface area contributed by atoms with Crippen LogP contribution in [0.5, 0.6) is 11.5 Å². The maximum Gasteiger partial charge on any atom is 0.513 e. The monoisotopic (exact) mass is 298 g/mol. The lowest BCUT2D eigenvalue weighted by atomic mass is 10.2. The fourth-order valence-electron chi connectivity index (χ4n) is 2.07. The van der Waals surface area contributed by atoms with E-state index in [1.165, 1.54) is 7.11 Å². The van der Waals surface area contributed by atoms with Crippen molar-refractivity contribution in [2.45, 2.75) is 0 Å². The molecule has 0 bridgehead atoms. The van der Waals surface area contributed by atoms with Gasteiger partial charge >= 0.3 is 6.16 Å². The average molecular weight is 298 g/mol. The summed E-state index contributed by atoms with van der Waals surface area (Å²) < 4.78 is 16.4. The van der Waals surface area contributed by atoms with E-state index in [0.29, 0.717) is 5.75 Å². The third-order valence-corrected chi connectivity index (χ3v) is 3.18. The molecular formula is C16H14N2O4. The van der Waals surface area contributed by atoms with Gasteiger partial charge in [-0.25, -0.2) is 9.78 Å². The molecule has 2 aromatic heterocycles. The van der Waals surface area contributed by atoms with Gasteiger partial charge in [-0.1, -0.05) is 0 Å². The summed E-state index contributed by atoms with van der Waals surface area (Å²) in [5, 5.41) is 0. The van der Waals surface area contributed by atoms with Gasteiger partial charge in [-0.2, -0.15) is 0 Å². The highest BCUT2D eigenvalue weighted by Gasteiger charge is 2.08. The van der Waals surface area contributed by atoms with E-state index < -0.39 is 6.16 Å². The van der Waals surface area contributed by atoms with E-state index >= 15 is 0 Å². The molecule has 6 heteroatoms. The molecular weight excluding hydrogens is 284 g/mol. The Morgan fingerprint density at radius 3 is 2.41 bits per heavy atom. The zero-order chi connectivity index (χ0) is 15.5. The van der Waals surface area contributed by atoms with E-state index in [0.717, 1.165) is 22.7 Å². The number of hydrogen-bond donors (Lipinski definition) is 0. The molecule has 0 spiro atoms. The Balaban J connectivity index is 1.93. The molecule has 2 heterocycles. The minimum atomic E-state index is -0.755. The number of nitrogens with zero attached hydrogens (tertiary/aromatic N) is 2. The number of ether oxygens (including phenoxy) is 3. The fourth-order valence-corrected chi connectivity index (χ4v) is 2.07. The van der Waals surface area contributed by atoms with Gasteiger partial charge < -0.3 is 18.6 Å². The summed E-state index contributed by atoms with van der Waals surface area (Å²) in [4.78, 5) is 15.7. The normalized spacial score (nSPS) is 10.5. The Morgan fingerprint density at radius 2 is 1.73 bits per heavy atom. The molecule has 0 fully saturated rings. The Kier molecular flexibility index (Phi) is 3.65. The van der Waals surface area contributed by atoms with Crippen LogP contribution in [-0.4, -0.2) is 29.8 Å². The summed E-state index contributed by atoms with van der Waals surface area (Å²) in [6.07, 6.45) is 2.78. The molecule has 0 aliphatic heterocycles. The molecule has 1 aromatic carbocycles. The number of aromatic nitrogens is 2. The molecule has 22 heavy (non-hydrogen) atoms. The predicted octanol–water partition coefficient (Wildman–Crippen LogP) is 3.16. The molecule has 0 saturated carbocycles. The van der Waals surface area contributed by atoms with Crippen molar-refractivity contribution in [3.8, 4) is 22.8 Å². The summed E-state index contributed by atoms with van der Waals surface area (Å²) >= 11 is 0. The number of fused-ring (bicyclic) bond motifs is 1. The minimum Gasteiger partial charge on any atom is -0.497 e. The Hall–Kier alpha value is -3.02. The van der Waals surface area contributed by atoms with Gasteiger partial charge in [0, 0.05) is 11.8 Å². The molecule has 0 radical (unpaired) electrons. The second-order valence-electron chi connectivity index (χ2n) is 4.54. The van der Waals surface area contributed by atoms with Crippen molar-refractivity contribution in [1.82, 2.24) is 9.38 Å². The van der Waals surface area contributed by atoms with Gasteiger partial charge in [0.15, 0.2) is 5.75 Å². The second-order valence-corrected chi connectivity index (χ2v) is 4.54. The maximum atomic E-state index is 11.1. The number of hydrogen-bond acceptors (Lipinski definition) is 5. The van der Waals surface area contributed by atoms with Gasteiger partial charge in [0.2, 0.25) is 0 Å². The Bertz CT molecular complexity index is 809. The van der Waals surface area contributed by atoms with Crippen molar-refractivity contribution in [3.05, 3.63) is 48.8 Å². The molecule has 0 amide bonds. The highest BCUT2D eigenvalue weighted by Crippen LogP contribution is 2.23. The number of benzene rings is 1. The van der Waals surface area contributed by atoms with Gasteiger partial charge in [-0.15, -0.1) is 0 Å². The van der Waals surface area contributed by atoms with E-state index in [-0.39, 0.29) is 0 Å². The number of rotatable bonds is 3. The zero-order valence-corrected chi connectivity index (χ0v) is 12.1. The highest BCUT2D eigenvalue weighted by molar-refractivity contribution is 5.65. The molecule has 0 N–H and O–H groups in total. The van der Waals surface area contributed by atoms with E-state index in [2.05, 4.69) is 9.72 Å². The molecule has 0 aliphatic carbocycles. The number of imidazole rings is 1. The third kappa shape index (κ3) is 2.71. The summed E-state index contributed by atoms with van der Waals surface area (Å²) in [7, 11) is 2.89. The van der Waals surface area contributed by atoms with Crippen molar-refractivity contribution < 1.29 is 19.0 Å². The standard InChI is InChI=1S/C16H14N2O4/c1-20-12-5-3-11(4-6-12)14-10-18-9-13(22-16(19)21-2)7-8-15(18)17-14/h3-10H,1-2H3. The van der Waals surface area contributed by atoms with Gasteiger partial charge in [0.05, 0.1) is 26.1 Å². The SMILES string of the molecule is COC(=O)Oc1ccc2nc(-c3ccc(OC)cc3)cn2c1. The van der Waals surface area contributed by atoms with Crippen molar-refractivity contribution >= 4 is 11.8 Å². The molecule has 0 aliphatic rings. The largest absolute Gasteiger partial charge is 0.513 e. The third-order valence-electron chi connectivity index (χ3n) is 3.18. The fraction of sp³-hybridized carbons (Fsp3) is 0.125. The first-order chi connectivity index (χ1) is 10.7. The Morgan fingerprint density at radius 1 is 1.00 bits per heavy atom. The van der Waals surface area contributed by atoms with Crippen LogP contribution < -0.4 is 9.47 Å². The summed E-state index contributed by atoms with van der Waals surface area (Å²) in [5.41, 5.74) is 2.54. The zero-order valence-electron chi connectivity index (χ0n) is 12.1. The highest BCUT2D eigenvalue weighted by atomic mass is 16.7. The van der Waals surface area contributed by atoms with Gasteiger partial charge in [0.25, 0.3) is 0 Å². The summed E-state index contributed by atoms with van der Waals surface area (Å²) in [5.74, 6) is 1.18. The molecule has 112 valence electrons. The van der Waals surface area contributed by atoms with Crippen molar-refractivity contribution in [2.24, 2.45) is 0 Å². The number of carbonyl (C=O) groups is 1. The minimum absolute atomic E-state index is 0.387. The van der Waals surface area contributed by atoms with Gasteiger partial charge in [-0.3, -0.25) is 0 Å². The van der Waals surface area contributed by atoms with Crippen LogP contribution >= 0.6 is 0 Å². The first-order valence-electron chi connectivity index (χ1n) is 6.58. The van der Waals surface area contributed by atoms with E-state index in [9.17, 15) is 4.79 Å². The van der Waals surface area contributed by atoms with Crippen LogP contribution in [-0.2, 0) is 4.74 Å². The van der Waals surface area contributed by atoms with Gasteiger partial charge in [0.1, 0.15) is 11.4 Å². The van der Waals surface area contributed by atoms with Crippen LogP contribution in [0.4, 0.5) is 4.79 Å². The van der Waals surface area contributed by atoms with E-state index in [1.807, 2.05) is 30.5 Å². The van der Waals surface area contributed by atoms with Crippen LogP contribution in [0.3, 0.4) is 0 Å². The molecule has 6 nitrogen and oxygen atoms in total. The molecule has 0 unspecified atom stereocenters. The average Bonchev–Trinajstić information content (AvgIpc) is 2.98. The molecule has 0 saturated heterocycles. The lowest BCUT2D eigenvalue weighted by molar-refractivity contribution is 0.121. The lowest BCUT2D eigenvalue weighted by Crippen LogP contribution is -2.07. The first-order valence-corrected chi connectivity index (χ1v) is 6.58. The molecule has 3 rings (SSSR count). The predicted molar refractivity (Wildman–Crippen MR) is 80.2 cm³/mol. The van der Waals surface area contributed by atoms with Crippen LogP contribution in [0.15, 0.2) is 48.8 Å². The maximum absolute atomic E-state index is 11.1. The number of carbonyl (C=O) groups excluding carboxylic acids is 1. The number of pyridine rings is 1. The smallest absolute Gasteiger partial charge is 0.497 e. The van der Waals surface area contributed by atoms with E-state index in [4.69, 9.17) is 9.47 Å². The lowest BCUT2D eigenvalue weighted by Gasteiger charge is -2.02. The topological polar surface area (TPSA) is 62.1 Å². The second kappa shape index (κ2) is 5.77. The van der Waals surface area contributed by atoms with Gasteiger partial charge in [-0.05, 0) is 36.4 Å². The quantitative estimate of drug-likeness (QED) is 0.695. The number of methoxy groups -OCH3 is 2. The van der Waals surface area contributed by atoms with Crippen molar-refractivity contribution in [2.75, 3.05) is 14.2 Å².